The minimum atomic E-state index is 0.259. The first kappa shape index (κ1) is 12.4. The summed E-state index contributed by atoms with van der Waals surface area (Å²) in [6.07, 6.45) is 1.78. The van der Waals surface area contributed by atoms with Crippen molar-refractivity contribution in [3.63, 3.8) is 0 Å². The number of fused-ring (bicyclic) bond motifs is 1. The molecular formula is C17H14N2O. The number of aromatic hydroxyl groups is 1. The average Bonchev–Trinajstić information content (AvgIpc) is 2.46. The average molecular weight is 262 g/mol. The molecule has 0 saturated heterocycles. The van der Waals surface area contributed by atoms with Gasteiger partial charge >= 0.3 is 0 Å². The molecule has 0 aliphatic rings. The highest BCUT2D eigenvalue weighted by Crippen LogP contribution is 2.20. The molecule has 0 unspecified atom stereocenters. The number of nitrogens with zero attached hydrogens (tertiary/aromatic N) is 2. The molecule has 3 rings (SSSR count). The fourth-order valence-corrected chi connectivity index (χ4v) is 2.00. The van der Waals surface area contributed by atoms with E-state index in [1.165, 1.54) is 0 Å². The zero-order valence-corrected chi connectivity index (χ0v) is 11.1. The first-order valence-electron chi connectivity index (χ1n) is 6.41. The molecule has 3 heteroatoms. The molecule has 0 aliphatic heterocycles. The second-order valence-corrected chi connectivity index (χ2v) is 4.68. The smallest absolute Gasteiger partial charge is 0.115 e. The number of aliphatic imine (C=N–C) groups is 1. The zero-order valence-electron chi connectivity index (χ0n) is 11.1. The maximum absolute atomic E-state index is 9.23. The molecule has 3 nitrogen and oxygen atoms in total. The Hall–Kier alpha value is -2.68. The molecule has 0 amide bonds. The van der Waals surface area contributed by atoms with E-state index in [1.54, 1.807) is 18.3 Å². The molecule has 1 N–H and O–H groups in total. The molecule has 0 atom stereocenters. The van der Waals surface area contributed by atoms with Crippen LogP contribution in [0.1, 0.15) is 11.3 Å². The summed E-state index contributed by atoms with van der Waals surface area (Å²) in [5.74, 6) is 0.259. The number of hydrogen-bond acceptors (Lipinski definition) is 3. The van der Waals surface area contributed by atoms with Gasteiger partial charge in [-0.2, -0.15) is 0 Å². The van der Waals surface area contributed by atoms with Gasteiger partial charge in [-0.25, -0.2) is 0 Å². The minimum absolute atomic E-state index is 0.259. The predicted octanol–water partition coefficient (Wildman–Crippen LogP) is 4.00. The molecule has 0 saturated carbocycles. The van der Waals surface area contributed by atoms with Gasteiger partial charge in [0.1, 0.15) is 5.75 Å². The minimum Gasteiger partial charge on any atom is -0.508 e. The number of aryl methyl sites for hydroxylation is 1. The van der Waals surface area contributed by atoms with E-state index in [0.717, 1.165) is 27.8 Å². The van der Waals surface area contributed by atoms with Gasteiger partial charge in [-0.15, -0.1) is 0 Å². The Morgan fingerprint density at radius 1 is 1.00 bits per heavy atom. The first-order chi connectivity index (χ1) is 9.70. The van der Waals surface area contributed by atoms with Gasteiger partial charge in [0, 0.05) is 17.3 Å². The Kier molecular flexibility index (Phi) is 3.17. The summed E-state index contributed by atoms with van der Waals surface area (Å²) in [6.45, 7) is 1.98. The van der Waals surface area contributed by atoms with Crippen molar-refractivity contribution in [3.8, 4) is 5.75 Å². The maximum Gasteiger partial charge on any atom is 0.115 e. The summed E-state index contributed by atoms with van der Waals surface area (Å²) in [6, 6.07) is 16.9. The van der Waals surface area contributed by atoms with Crippen molar-refractivity contribution in [1.82, 2.24) is 4.98 Å². The molecule has 0 spiro atoms. The molecule has 20 heavy (non-hydrogen) atoms. The standard InChI is InChI=1S/C17H14N2O/c1-12-2-5-14-10-15(6-9-17(14)19-12)18-11-13-3-7-16(20)8-4-13/h2-11,20H,1H3. The molecule has 1 heterocycles. The Bertz CT molecular complexity index is 777. The summed E-state index contributed by atoms with van der Waals surface area (Å²) < 4.78 is 0. The van der Waals surface area contributed by atoms with Crippen molar-refractivity contribution in [1.29, 1.82) is 0 Å². The van der Waals surface area contributed by atoms with Gasteiger partial charge in [0.25, 0.3) is 0 Å². The van der Waals surface area contributed by atoms with E-state index in [9.17, 15) is 5.11 Å². The number of phenols is 1. The number of aromatic nitrogens is 1. The zero-order chi connectivity index (χ0) is 13.9. The lowest BCUT2D eigenvalue weighted by Crippen LogP contribution is -1.82. The number of rotatable bonds is 2. The second-order valence-electron chi connectivity index (χ2n) is 4.68. The fourth-order valence-electron chi connectivity index (χ4n) is 2.00. The molecule has 0 radical (unpaired) electrons. The van der Waals surface area contributed by atoms with Crippen molar-refractivity contribution in [2.45, 2.75) is 6.92 Å². The van der Waals surface area contributed by atoms with E-state index in [4.69, 9.17) is 0 Å². The van der Waals surface area contributed by atoms with Crippen LogP contribution in [0.3, 0.4) is 0 Å². The van der Waals surface area contributed by atoms with E-state index in [1.807, 2.05) is 43.3 Å². The molecule has 98 valence electrons. The summed E-state index contributed by atoms with van der Waals surface area (Å²) in [5, 5.41) is 10.3. The number of benzene rings is 2. The molecule has 0 aliphatic carbocycles. The molecule has 1 aromatic heterocycles. The van der Waals surface area contributed by atoms with Crippen LogP contribution >= 0.6 is 0 Å². The Morgan fingerprint density at radius 2 is 1.80 bits per heavy atom. The summed E-state index contributed by atoms with van der Waals surface area (Å²) in [5.41, 5.74) is 3.83. The van der Waals surface area contributed by atoms with Gasteiger partial charge in [0.15, 0.2) is 0 Å². The summed E-state index contributed by atoms with van der Waals surface area (Å²) in [7, 11) is 0. The van der Waals surface area contributed by atoms with E-state index < -0.39 is 0 Å². The lowest BCUT2D eigenvalue weighted by molar-refractivity contribution is 0.475. The Balaban J connectivity index is 1.90. The lowest BCUT2D eigenvalue weighted by atomic mass is 10.2. The van der Waals surface area contributed by atoms with Gasteiger partial charge in [-0.3, -0.25) is 9.98 Å². The van der Waals surface area contributed by atoms with Crippen LogP contribution in [0.15, 0.2) is 59.6 Å². The Labute approximate surface area is 117 Å². The van der Waals surface area contributed by atoms with Crippen LogP contribution < -0.4 is 0 Å². The van der Waals surface area contributed by atoms with Crippen LogP contribution in [0.5, 0.6) is 5.75 Å². The largest absolute Gasteiger partial charge is 0.508 e. The van der Waals surface area contributed by atoms with Gasteiger partial charge in [-0.05, 0) is 61.0 Å². The van der Waals surface area contributed by atoms with Crippen molar-refractivity contribution in [3.05, 3.63) is 65.9 Å². The Morgan fingerprint density at radius 3 is 2.60 bits per heavy atom. The van der Waals surface area contributed by atoms with Crippen molar-refractivity contribution < 1.29 is 5.11 Å². The molecule has 0 bridgehead atoms. The molecule has 0 fully saturated rings. The highest BCUT2D eigenvalue weighted by Gasteiger charge is 1.97. The normalized spacial score (nSPS) is 11.2. The highest BCUT2D eigenvalue weighted by molar-refractivity contribution is 5.86. The van der Waals surface area contributed by atoms with E-state index >= 15 is 0 Å². The van der Waals surface area contributed by atoms with Crippen LogP contribution in [0.4, 0.5) is 5.69 Å². The van der Waals surface area contributed by atoms with Crippen LogP contribution in [0.2, 0.25) is 0 Å². The molecular weight excluding hydrogens is 248 g/mol. The number of pyridine rings is 1. The van der Waals surface area contributed by atoms with Gasteiger partial charge in [0.2, 0.25) is 0 Å². The van der Waals surface area contributed by atoms with E-state index in [-0.39, 0.29) is 5.75 Å². The summed E-state index contributed by atoms with van der Waals surface area (Å²) >= 11 is 0. The SMILES string of the molecule is Cc1ccc2cc(N=Cc3ccc(O)cc3)ccc2n1. The first-order valence-corrected chi connectivity index (χ1v) is 6.41. The van der Waals surface area contributed by atoms with Crippen molar-refractivity contribution in [2.24, 2.45) is 4.99 Å². The predicted molar refractivity (Wildman–Crippen MR) is 81.8 cm³/mol. The quantitative estimate of drug-likeness (QED) is 0.709. The van der Waals surface area contributed by atoms with Gasteiger partial charge in [-0.1, -0.05) is 6.07 Å². The second kappa shape index (κ2) is 5.13. The third kappa shape index (κ3) is 2.67. The van der Waals surface area contributed by atoms with Crippen molar-refractivity contribution >= 4 is 22.8 Å². The van der Waals surface area contributed by atoms with E-state index in [0.29, 0.717) is 0 Å². The van der Waals surface area contributed by atoms with Crippen LogP contribution in [0.25, 0.3) is 10.9 Å². The summed E-state index contributed by atoms with van der Waals surface area (Å²) in [4.78, 5) is 8.91. The van der Waals surface area contributed by atoms with Gasteiger partial charge < -0.3 is 5.11 Å². The lowest BCUT2D eigenvalue weighted by Gasteiger charge is -2.00. The van der Waals surface area contributed by atoms with Crippen LogP contribution in [-0.4, -0.2) is 16.3 Å². The number of hydrogen-bond donors (Lipinski definition) is 1. The topological polar surface area (TPSA) is 45.5 Å². The number of phenolic OH excluding ortho intramolecular Hbond substituents is 1. The highest BCUT2D eigenvalue weighted by atomic mass is 16.3. The monoisotopic (exact) mass is 262 g/mol. The van der Waals surface area contributed by atoms with Crippen molar-refractivity contribution in [2.75, 3.05) is 0 Å². The molecule has 3 aromatic rings. The maximum atomic E-state index is 9.23. The third-order valence-corrected chi connectivity index (χ3v) is 3.07. The van der Waals surface area contributed by atoms with Gasteiger partial charge in [0.05, 0.1) is 11.2 Å². The van der Waals surface area contributed by atoms with Crippen LogP contribution in [0, 0.1) is 6.92 Å². The van der Waals surface area contributed by atoms with Crippen LogP contribution in [-0.2, 0) is 0 Å². The van der Waals surface area contributed by atoms with E-state index in [2.05, 4.69) is 16.0 Å². The molecule has 2 aromatic carbocycles. The fraction of sp³-hybridized carbons (Fsp3) is 0.0588. The third-order valence-electron chi connectivity index (χ3n) is 3.07.